The van der Waals surface area contributed by atoms with Crippen molar-refractivity contribution < 1.29 is 23.8 Å². The molecule has 0 spiro atoms. The van der Waals surface area contributed by atoms with Crippen molar-refractivity contribution in [3.8, 4) is 0 Å². The third-order valence-electron chi connectivity index (χ3n) is 5.66. The monoisotopic (exact) mass is 436 g/mol. The van der Waals surface area contributed by atoms with Crippen molar-refractivity contribution >= 4 is 23.1 Å². The van der Waals surface area contributed by atoms with Crippen LogP contribution in [0.25, 0.3) is 0 Å². The number of ketones is 1. The number of benzene rings is 2. The van der Waals surface area contributed by atoms with Crippen LogP contribution in [0.3, 0.4) is 0 Å². The van der Waals surface area contributed by atoms with Gasteiger partial charge in [0.05, 0.1) is 25.9 Å². The van der Waals surface area contributed by atoms with Crippen molar-refractivity contribution in [2.45, 2.75) is 25.7 Å². The molecule has 0 radical (unpaired) electrons. The number of Topliss-reactive ketones (excluding diaryl/α,β-unsaturated/α-hetero) is 1. The highest BCUT2D eigenvalue weighted by Gasteiger charge is 2.33. The molecule has 1 atom stereocenters. The van der Waals surface area contributed by atoms with Crippen LogP contribution in [0.5, 0.6) is 0 Å². The highest BCUT2D eigenvalue weighted by atomic mass is 16.7. The molecule has 2 heterocycles. The fraction of sp³-hybridized carbons (Fsp3) is 0.360. The van der Waals surface area contributed by atoms with Crippen molar-refractivity contribution in [2.75, 3.05) is 43.7 Å². The second kappa shape index (κ2) is 9.54. The Morgan fingerprint density at radius 3 is 2.25 bits per heavy atom. The summed E-state index contributed by atoms with van der Waals surface area (Å²) in [6, 6.07) is 15.7. The van der Waals surface area contributed by atoms with Crippen molar-refractivity contribution in [1.82, 2.24) is 0 Å². The number of hydrogen-bond acceptors (Lipinski definition) is 7. The Bertz CT molecular complexity index is 992. The molecule has 32 heavy (non-hydrogen) atoms. The normalized spacial score (nSPS) is 19.1. The summed E-state index contributed by atoms with van der Waals surface area (Å²) in [6.07, 6.45) is 1.45. The molecular formula is C25H28N2O5. The first-order valence-corrected chi connectivity index (χ1v) is 10.8. The van der Waals surface area contributed by atoms with E-state index in [2.05, 4.69) is 0 Å². The number of ether oxygens (including phenoxy) is 3. The molecule has 0 bridgehead atoms. The Hall–Kier alpha value is -3.16. The molecule has 2 aromatic carbocycles. The lowest BCUT2D eigenvalue weighted by Crippen LogP contribution is -2.34. The fourth-order valence-corrected chi connectivity index (χ4v) is 3.94. The molecule has 168 valence electrons. The number of carbonyl (C=O) groups is 2. The number of anilines is 2. The van der Waals surface area contributed by atoms with E-state index >= 15 is 0 Å². The summed E-state index contributed by atoms with van der Waals surface area (Å²) in [5, 5.41) is 0. The Morgan fingerprint density at radius 1 is 1.03 bits per heavy atom. The lowest BCUT2D eigenvalue weighted by molar-refractivity contribution is -0.140. The number of rotatable bonds is 6. The molecule has 0 saturated carbocycles. The number of hydrogen-bond donors (Lipinski definition) is 0. The van der Waals surface area contributed by atoms with Gasteiger partial charge in [-0.3, -0.25) is 4.79 Å². The molecule has 2 aliphatic rings. The van der Waals surface area contributed by atoms with Gasteiger partial charge in [0.2, 0.25) is 0 Å². The molecule has 1 fully saturated rings. The van der Waals surface area contributed by atoms with Gasteiger partial charge in [-0.05, 0) is 36.8 Å². The molecule has 0 aliphatic carbocycles. The maximum Gasteiger partial charge on any atom is 0.343 e. The first-order valence-electron chi connectivity index (χ1n) is 10.8. The maximum absolute atomic E-state index is 12.8. The molecule has 4 rings (SSSR count). The summed E-state index contributed by atoms with van der Waals surface area (Å²) in [6.45, 7) is 3.11. The summed E-state index contributed by atoms with van der Waals surface area (Å²) >= 11 is 0. The van der Waals surface area contributed by atoms with Crippen LogP contribution in [-0.4, -0.2) is 45.7 Å². The van der Waals surface area contributed by atoms with E-state index in [9.17, 15) is 9.59 Å². The lowest BCUT2D eigenvalue weighted by atomic mass is 9.92. The minimum absolute atomic E-state index is 0.0690. The highest BCUT2D eigenvalue weighted by molar-refractivity contribution is 6.18. The third-order valence-corrected chi connectivity index (χ3v) is 5.66. The van der Waals surface area contributed by atoms with Crippen molar-refractivity contribution in [1.29, 1.82) is 0 Å². The van der Waals surface area contributed by atoms with Crippen LogP contribution in [0, 0.1) is 0 Å². The van der Waals surface area contributed by atoms with Crippen molar-refractivity contribution in [3.63, 3.8) is 0 Å². The summed E-state index contributed by atoms with van der Waals surface area (Å²) in [4.78, 5) is 29.2. The van der Waals surface area contributed by atoms with Gasteiger partial charge in [-0.2, -0.15) is 0 Å². The van der Waals surface area contributed by atoms with Gasteiger partial charge >= 0.3 is 5.97 Å². The average molecular weight is 437 g/mol. The van der Waals surface area contributed by atoms with Gasteiger partial charge in [0.1, 0.15) is 5.57 Å². The van der Waals surface area contributed by atoms with Crippen LogP contribution in [0.2, 0.25) is 0 Å². The van der Waals surface area contributed by atoms with Crippen LogP contribution in [0.4, 0.5) is 11.4 Å². The SMILES string of the molecule is CCOC(=O)C1=CN(c2ccc(C3OCCO3)cc2)C(c2ccc(N(C)C)cc2)CC1=O. The average Bonchev–Trinajstić information content (AvgIpc) is 3.34. The third kappa shape index (κ3) is 4.54. The van der Waals surface area contributed by atoms with Gasteiger partial charge < -0.3 is 24.0 Å². The Morgan fingerprint density at radius 2 is 1.66 bits per heavy atom. The van der Waals surface area contributed by atoms with Gasteiger partial charge in [0, 0.05) is 43.7 Å². The van der Waals surface area contributed by atoms with Gasteiger partial charge in [0.15, 0.2) is 12.1 Å². The first-order chi connectivity index (χ1) is 15.5. The molecule has 7 nitrogen and oxygen atoms in total. The van der Waals surface area contributed by atoms with Gasteiger partial charge in [-0.1, -0.05) is 24.3 Å². The van der Waals surface area contributed by atoms with E-state index in [0.29, 0.717) is 13.2 Å². The minimum Gasteiger partial charge on any atom is -0.462 e. The second-order valence-electron chi connectivity index (χ2n) is 7.96. The molecule has 0 aromatic heterocycles. The predicted octanol–water partition coefficient (Wildman–Crippen LogP) is 3.77. The van der Waals surface area contributed by atoms with E-state index < -0.39 is 5.97 Å². The van der Waals surface area contributed by atoms with E-state index in [1.54, 1.807) is 13.1 Å². The standard InChI is InChI=1S/C25H28N2O5/c1-4-30-24(29)21-16-27(20-11-7-18(8-12-20)25-31-13-14-32-25)22(15-23(21)28)17-5-9-19(10-6-17)26(2)3/h5-12,16,22,25H,4,13-15H2,1-3H3. The van der Waals surface area contributed by atoms with Gasteiger partial charge in [-0.25, -0.2) is 4.79 Å². The largest absolute Gasteiger partial charge is 0.462 e. The second-order valence-corrected chi connectivity index (χ2v) is 7.96. The van der Waals surface area contributed by atoms with E-state index in [0.717, 1.165) is 22.5 Å². The van der Waals surface area contributed by atoms with Gasteiger partial charge in [0.25, 0.3) is 0 Å². The van der Waals surface area contributed by atoms with Gasteiger partial charge in [-0.15, -0.1) is 0 Å². The summed E-state index contributed by atoms with van der Waals surface area (Å²) in [5.41, 5.74) is 3.93. The van der Waals surface area contributed by atoms with Crippen molar-refractivity contribution in [3.05, 3.63) is 71.4 Å². The van der Waals surface area contributed by atoms with E-state index in [1.165, 1.54) is 0 Å². The molecule has 0 N–H and O–H groups in total. The Labute approximate surface area is 188 Å². The van der Waals surface area contributed by atoms with Crippen LogP contribution >= 0.6 is 0 Å². The Kier molecular flexibility index (Phi) is 6.58. The molecule has 7 heteroatoms. The summed E-state index contributed by atoms with van der Waals surface area (Å²) < 4.78 is 16.3. The molecule has 1 unspecified atom stereocenters. The van der Waals surface area contributed by atoms with Crippen molar-refractivity contribution in [2.24, 2.45) is 0 Å². The fourth-order valence-electron chi connectivity index (χ4n) is 3.94. The first kappa shape index (κ1) is 22.0. The molecule has 2 aliphatic heterocycles. The van der Waals surface area contributed by atoms with E-state index in [-0.39, 0.29) is 36.7 Å². The smallest absolute Gasteiger partial charge is 0.343 e. The number of nitrogens with zero attached hydrogens (tertiary/aromatic N) is 2. The quantitative estimate of drug-likeness (QED) is 0.504. The Balaban J connectivity index is 1.69. The highest BCUT2D eigenvalue weighted by Crippen LogP contribution is 2.37. The zero-order valence-electron chi connectivity index (χ0n) is 18.6. The maximum atomic E-state index is 12.8. The molecule has 0 amide bonds. The van der Waals surface area contributed by atoms with E-state index in [4.69, 9.17) is 14.2 Å². The van der Waals surface area contributed by atoms with Crippen LogP contribution in [0.15, 0.2) is 60.3 Å². The number of esters is 1. The molecule has 1 saturated heterocycles. The predicted molar refractivity (Wildman–Crippen MR) is 121 cm³/mol. The van der Waals surface area contributed by atoms with E-state index in [1.807, 2.05) is 72.4 Å². The zero-order chi connectivity index (χ0) is 22.7. The lowest BCUT2D eigenvalue weighted by Gasteiger charge is -2.35. The van der Waals surface area contributed by atoms with Crippen LogP contribution in [0.1, 0.15) is 36.8 Å². The zero-order valence-corrected chi connectivity index (χ0v) is 18.6. The minimum atomic E-state index is -0.590. The molecule has 2 aromatic rings. The summed E-state index contributed by atoms with van der Waals surface area (Å²) in [7, 11) is 3.97. The number of carbonyl (C=O) groups excluding carboxylic acids is 2. The molecular weight excluding hydrogens is 408 g/mol. The van der Waals surface area contributed by atoms with Crippen LogP contribution in [-0.2, 0) is 23.8 Å². The van der Waals surface area contributed by atoms with Crippen LogP contribution < -0.4 is 9.80 Å². The summed E-state index contributed by atoms with van der Waals surface area (Å²) in [5.74, 6) is -0.806. The topological polar surface area (TPSA) is 68.3 Å².